The monoisotopic (exact) mass is 315 g/mol. The van der Waals surface area contributed by atoms with E-state index in [1.807, 2.05) is 4.90 Å². The van der Waals surface area contributed by atoms with Crippen LogP contribution in [0, 0.1) is 5.92 Å². The van der Waals surface area contributed by atoms with Crippen LogP contribution in [0.25, 0.3) is 11.5 Å². The second-order valence-electron chi connectivity index (χ2n) is 6.47. The van der Waals surface area contributed by atoms with E-state index in [0.29, 0.717) is 23.3 Å². The lowest BCUT2D eigenvalue weighted by molar-refractivity contribution is 0.0694. The smallest absolute Gasteiger partial charge is 0.276 e. The summed E-state index contributed by atoms with van der Waals surface area (Å²) in [5.74, 6) is 1.90. The van der Waals surface area contributed by atoms with E-state index in [2.05, 4.69) is 10.5 Å². The third-order valence-electron chi connectivity index (χ3n) is 4.67. The van der Waals surface area contributed by atoms with Crippen LogP contribution < -0.4 is 5.32 Å². The standard InChI is InChI=1S/C17H21N3O3/c21-17(14-10-16(23-19-14)15-2-1-9-22-15)20-7-5-13(6-8-20)18-11-12-3-4-12/h1-2,9-10,12-13,18H,3-8,11H2. The van der Waals surface area contributed by atoms with Gasteiger partial charge < -0.3 is 19.2 Å². The average Bonchev–Trinajstić information content (AvgIpc) is 3.04. The quantitative estimate of drug-likeness (QED) is 0.918. The normalized spacial score (nSPS) is 19.2. The van der Waals surface area contributed by atoms with E-state index in [4.69, 9.17) is 8.94 Å². The molecule has 1 saturated heterocycles. The van der Waals surface area contributed by atoms with Crippen LogP contribution in [0.1, 0.15) is 36.2 Å². The van der Waals surface area contributed by atoms with Gasteiger partial charge >= 0.3 is 0 Å². The van der Waals surface area contributed by atoms with E-state index < -0.39 is 0 Å². The molecule has 0 radical (unpaired) electrons. The van der Waals surface area contributed by atoms with Crippen LogP contribution in [0.2, 0.25) is 0 Å². The first-order valence-corrected chi connectivity index (χ1v) is 8.33. The van der Waals surface area contributed by atoms with Gasteiger partial charge in [0.15, 0.2) is 11.5 Å². The lowest BCUT2D eigenvalue weighted by Gasteiger charge is -2.32. The van der Waals surface area contributed by atoms with Crippen molar-refractivity contribution >= 4 is 5.91 Å². The van der Waals surface area contributed by atoms with Crippen LogP contribution in [0.5, 0.6) is 0 Å². The van der Waals surface area contributed by atoms with Crippen molar-refractivity contribution < 1.29 is 13.7 Å². The van der Waals surface area contributed by atoms with E-state index in [1.165, 1.54) is 12.8 Å². The minimum absolute atomic E-state index is 0.0628. The van der Waals surface area contributed by atoms with E-state index >= 15 is 0 Å². The number of carbonyl (C=O) groups is 1. The highest BCUT2D eigenvalue weighted by Gasteiger charge is 2.27. The Morgan fingerprint density at radius 2 is 2.09 bits per heavy atom. The summed E-state index contributed by atoms with van der Waals surface area (Å²) in [4.78, 5) is 14.4. The van der Waals surface area contributed by atoms with Gasteiger partial charge in [0.1, 0.15) is 0 Å². The maximum atomic E-state index is 12.5. The van der Waals surface area contributed by atoms with Crippen molar-refractivity contribution in [2.24, 2.45) is 5.92 Å². The molecule has 23 heavy (non-hydrogen) atoms. The molecule has 1 amide bonds. The maximum Gasteiger partial charge on any atom is 0.276 e. The summed E-state index contributed by atoms with van der Waals surface area (Å²) in [6, 6.07) is 5.75. The fourth-order valence-corrected chi connectivity index (χ4v) is 3.01. The zero-order valence-corrected chi connectivity index (χ0v) is 13.0. The molecule has 1 aliphatic carbocycles. The van der Waals surface area contributed by atoms with Gasteiger partial charge in [0, 0.05) is 25.2 Å². The Kier molecular flexibility index (Phi) is 3.91. The Balaban J connectivity index is 1.32. The van der Waals surface area contributed by atoms with Gasteiger partial charge in [-0.15, -0.1) is 0 Å². The van der Waals surface area contributed by atoms with Gasteiger partial charge in [-0.05, 0) is 50.3 Å². The summed E-state index contributed by atoms with van der Waals surface area (Å²) in [7, 11) is 0. The second-order valence-corrected chi connectivity index (χ2v) is 6.47. The summed E-state index contributed by atoms with van der Waals surface area (Å²) in [6.07, 6.45) is 6.31. The van der Waals surface area contributed by atoms with Crippen LogP contribution >= 0.6 is 0 Å². The van der Waals surface area contributed by atoms with Gasteiger partial charge in [-0.3, -0.25) is 4.79 Å². The van der Waals surface area contributed by atoms with Gasteiger partial charge in [0.2, 0.25) is 5.76 Å². The number of aromatic nitrogens is 1. The summed E-state index contributed by atoms with van der Waals surface area (Å²) < 4.78 is 10.5. The highest BCUT2D eigenvalue weighted by Crippen LogP contribution is 2.28. The van der Waals surface area contributed by atoms with Crippen molar-refractivity contribution in [2.45, 2.75) is 31.7 Å². The van der Waals surface area contributed by atoms with Gasteiger partial charge in [0.05, 0.1) is 6.26 Å². The number of piperidine rings is 1. The van der Waals surface area contributed by atoms with Crippen molar-refractivity contribution in [3.63, 3.8) is 0 Å². The number of nitrogens with zero attached hydrogens (tertiary/aromatic N) is 2. The number of hydrogen-bond donors (Lipinski definition) is 1. The topological polar surface area (TPSA) is 71.5 Å². The molecule has 0 atom stereocenters. The van der Waals surface area contributed by atoms with Crippen LogP contribution in [0.15, 0.2) is 33.4 Å². The Hall–Kier alpha value is -2.08. The first-order chi connectivity index (χ1) is 11.3. The number of carbonyl (C=O) groups excluding carboxylic acids is 1. The third kappa shape index (κ3) is 3.32. The lowest BCUT2D eigenvalue weighted by Crippen LogP contribution is -2.45. The molecule has 0 unspecified atom stereocenters. The molecule has 2 aliphatic rings. The molecule has 1 aliphatic heterocycles. The summed E-state index contributed by atoms with van der Waals surface area (Å²) in [5, 5.41) is 7.51. The van der Waals surface area contributed by atoms with Crippen molar-refractivity contribution in [3.05, 3.63) is 30.2 Å². The Labute approximate surface area is 134 Å². The molecule has 122 valence electrons. The SMILES string of the molecule is O=C(c1cc(-c2ccco2)on1)N1CCC(NCC2CC2)CC1. The fourth-order valence-electron chi connectivity index (χ4n) is 3.01. The molecule has 6 heteroatoms. The Morgan fingerprint density at radius 3 is 2.78 bits per heavy atom. The average molecular weight is 315 g/mol. The van der Waals surface area contributed by atoms with Crippen molar-refractivity contribution in [1.82, 2.24) is 15.4 Å². The van der Waals surface area contributed by atoms with Crippen molar-refractivity contribution in [3.8, 4) is 11.5 Å². The lowest BCUT2D eigenvalue weighted by atomic mass is 10.0. The molecule has 0 spiro atoms. The number of nitrogens with one attached hydrogen (secondary N) is 1. The first kappa shape index (κ1) is 14.5. The molecule has 1 N–H and O–H groups in total. The molecule has 2 aromatic rings. The zero-order valence-electron chi connectivity index (χ0n) is 13.0. The van der Waals surface area contributed by atoms with Crippen molar-refractivity contribution in [1.29, 1.82) is 0 Å². The number of rotatable bonds is 5. The minimum Gasteiger partial charge on any atom is -0.461 e. The number of likely N-dealkylation sites (tertiary alicyclic amines) is 1. The fraction of sp³-hybridized carbons (Fsp3) is 0.529. The highest BCUT2D eigenvalue weighted by molar-refractivity contribution is 5.93. The summed E-state index contributed by atoms with van der Waals surface area (Å²) >= 11 is 0. The second kappa shape index (κ2) is 6.20. The first-order valence-electron chi connectivity index (χ1n) is 8.33. The van der Waals surface area contributed by atoms with Gasteiger partial charge in [-0.1, -0.05) is 5.16 Å². The van der Waals surface area contributed by atoms with E-state index in [0.717, 1.165) is 38.4 Å². The molecule has 0 bridgehead atoms. The molecule has 1 saturated carbocycles. The maximum absolute atomic E-state index is 12.5. The highest BCUT2D eigenvalue weighted by atomic mass is 16.5. The molecule has 2 aromatic heterocycles. The molecule has 6 nitrogen and oxygen atoms in total. The molecule has 0 aromatic carbocycles. The van der Waals surface area contributed by atoms with E-state index in [9.17, 15) is 4.79 Å². The zero-order chi connectivity index (χ0) is 15.6. The summed E-state index contributed by atoms with van der Waals surface area (Å²) in [5.41, 5.74) is 0.348. The predicted octanol–water partition coefficient (Wildman–Crippen LogP) is 2.54. The van der Waals surface area contributed by atoms with Gasteiger partial charge in [-0.2, -0.15) is 0 Å². The van der Waals surface area contributed by atoms with E-state index in [1.54, 1.807) is 24.5 Å². The van der Waals surface area contributed by atoms with Gasteiger partial charge in [-0.25, -0.2) is 0 Å². The molecular weight excluding hydrogens is 294 g/mol. The summed E-state index contributed by atoms with van der Waals surface area (Å²) in [6.45, 7) is 2.67. The Morgan fingerprint density at radius 1 is 1.26 bits per heavy atom. The minimum atomic E-state index is -0.0628. The van der Waals surface area contributed by atoms with Crippen LogP contribution in [-0.4, -0.2) is 41.6 Å². The Bertz CT molecular complexity index is 652. The molecule has 4 rings (SSSR count). The number of amides is 1. The van der Waals surface area contributed by atoms with Crippen LogP contribution in [0.4, 0.5) is 0 Å². The van der Waals surface area contributed by atoms with Gasteiger partial charge in [0.25, 0.3) is 5.91 Å². The largest absolute Gasteiger partial charge is 0.461 e. The van der Waals surface area contributed by atoms with Crippen LogP contribution in [0.3, 0.4) is 0 Å². The van der Waals surface area contributed by atoms with Crippen LogP contribution in [-0.2, 0) is 0 Å². The third-order valence-corrected chi connectivity index (χ3v) is 4.67. The predicted molar refractivity (Wildman–Crippen MR) is 83.9 cm³/mol. The number of furan rings is 1. The molecule has 3 heterocycles. The van der Waals surface area contributed by atoms with E-state index in [-0.39, 0.29) is 5.91 Å². The number of hydrogen-bond acceptors (Lipinski definition) is 5. The van der Waals surface area contributed by atoms with Crippen molar-refractivity contribution in [2.75, 3.05) is 19.6 Å². The molecule has 2 fully saturated rings. The molecular formula is C17H21N3O3.